The predicted octanol–water partition coefficient (Wildman–Crippen LogP) is 3.39. The minimum atomic E-state index is -0.105. The molecular formula is C20H21N3O2. The van der Waals surface area contributed by atoms with E-state index in [1.165, 1.54) is 12.8 Å². The summed E-state index contributed by atoms with van der Waals surface area (Å²) in [5, 5.41) is 2.96. The summed E-state index contributed by atoms with van der Waals surface area (Å²) in [5.74, 6) is 2.38. The summed E-state index contributed by atoms with van der Waals surface area (Å²) >= 11 is 0. The Labute approximate surface area is 146 Å². The molecule has 0 atom stereocenters. The molecule has 3 aromatic rings. The summed E-state index contributed by atoms with van der Waals surface area (Å²) in [6.07, 6.45) is 2.42. The number of aromatic nitrogens is 2. The van der Waals surface area contributed by atoms with E-state index in [9.17, 15) is 4.79 Å². The highest BCUT2D eigenvalue weighted by Crippen LogP contribution is 2.40. The maximum absolute atomic E-state index is 12.5. The van der Waals surface area contributed by atoms with Gasteiger partial charge in [0.15, 0.2) is 0 Å². The molecule has 2 aromatic carbocycles. The van der Waals surface area contributed by atoms with Crippen molar-refractivity contribution in [3.63, 3.8) is 0 Å². The van der Waals surface area contributed by atoms with Crippen molar-refractivity contribution in [1.29, 1.82) is 0 Å². The average Bonchev–Trinajstić information content (AvgIpc) is 3.44. The van der Waals surface area contributed by atoms with Gasteiger partial charge in [-0.25, -0.2) is 4.98 Å². The van der Waals surface area contributed by atoms with Gasteiger partial charge in [-0.15, -0.1) is 0 Å². The maximum Gasteiger partial charge on any atom is 0.251 e. The SMILES string of the molecule is COc1ccccc1CNC(=O)c1ccc2c(c1)nc(C1CC1)n2C. The van der Waals surface area contributed by atoms with Crippen LogP contribution in [-0.4, -0.2) is 22.6 Å². The standard InChI is InChI=1S/C20H21N3O2/c1-23-17-10-9-14(11-16(17)22-19(23)13-7-8-13)20(24)21-12-15-5-3-4-6-18(15)25-2/h3-6,9-11,13H,7-8,12H2,1-2H3,(H,21,24). The number of fused-ring (bicyclic) bond motifs is 1. The van der Waals surface area contributed by atoms with Crippen molar-refractivity contribution >= 4 is 16.9 Å². The number of hydrogen-bond acceptors (Lipinski definition) is 3. The fourth-order valence-electron chi connectivity index (χ4n) is 3.19. The van der Waals surface area contributed by atoms with Crippen LogP contribution in [0.1, 0.15) is 40.5 Å². The number of imidazole rings is 1. The van der Waals surface area contributed by atoms with Crippen molar-refractivity contribution in [1.82, 2.24) is 14.9 Å². The van der Waals surface area contributed by atoms with Gasteiger partial charge in [-0.1, -0.05) is 18.2 Å². The predicted molar refractivity (Wildman–Crippen MR) is 96.9 cm³/mol. The second-order valence-electron chi connectivity index (χ2n) is 6.50. The van der Waals surface area contributed by atoms with Crippen LogP contribution in [0.2, 0.25) is 0 Å². The zero-order chi connectivity index (χ0) is 17.4. The molecule has 0 bridgehead atoms. The molecule has 4 rings (SSSR count). The highest BCUT2D eigenvalue weighted by atomic mass is 16.5. The van der Waals surface area contributed by atoms with E-state index in [2.05, 4.69) is 9.88 Å². The van der Waals surface area contributed by atoms with E-state index in [0.29, 0.717) is 18.0 Å². The van der Waals surface area contributed by atoms with Crippen molar-refractivity contribution in [2.75, 3.05) is 7.11 Å². The van der Waals surface area contributed by atoms with E-state index in [1.807, 2.05) is 49.5 Å². The monoisotopic (exact) mass is 335 g/mol. The lowest BCUT2D eigenvalue weighted by Crippen LogP contribution is -2.23. The number of methoxy groups -OCH3 is 1. The number of carbonyl (C=O) groups is 1. The fraction of sp³-hybridized carbons (Fsp3) is 0.300. The van der Waals surface area contributed by atoms with E-state index in [1.54, 1.807) is 7.11 Å². The van der Waals surface area contributed by atoms with Crippen molar-refractivity contribution in [3.05, 3.63) is 59.4 Å². The first-order valence-corrected chi connectivity index (χ1v) is 8.54. The summed E-state index contributed by atoms with van der Waals surface area (Å²) in [7, 11) is 3.68. The van der Waals surface area contributed by atoms with Gasteiger partial charge in [0.2, 0.25) is 0 Å². The van der Waals surface area contributed by atoms with Gasteiger partial charge in [0.25, 0.3) is 5.91 Å². The summed E-state index contributed by atoms with van der Waals surface area (Å²) in [4.78, 5) is 17.2. The first kappa shape index (κ1) is 15.7. The van der Waals surface area contributed by atoms with Crippen LogP contribution in [0, 0.1) is 0 Å². The van der Waals surface area contributed by atoms with Crippen LogP contribution >= 0.6 is 0 Å². The van der Waals surface area contributed by atoms with Crippen LogP contribution < -0.4 is 10.1 Å². The van der Waals surface area contributed by atoms with E-state index in [4.69, 9.17) is 9.72 Å². The molecule has 1 N–H and O–H groups in total. The van der Waals surface area contributed by atoms with Crippen LogP contribution in [0.15, 0.2) is 42.5 Å². The smallest absolute Gasteiger partial charge is 0.251 e. The summed E-state index contributed by atoms with van der Waals surface area (Å²) in [5.41, 5.74) is 3.54. The first-order chi connectivity index (χ1) is 12.2. The molecule has 128 valence electrons. The number of benzene rings is 2. The molecule has 1 fully saturated rings. The maximum atomic E-state index is 12.5. The topological polar surface area (TPSA) is 56.1 Å². The van der Waals surface area contributed by atoms with Gasteiger partial charge in [0.1, 0.15) is 11.6 Å². The number of para-hydroxylation sites is 1. The van der Waals surface area contributed by atoms with E-state index in [-0.39, 0.29) is 5.91 Å². The van der Waals surface area contributed by atoms with E-state index in [0.717, 1.165) is 28.2 Å². The van der Waals surface area contributed by atoms with Gasteiger partial charge in [-0.3, -0.25) is 4.79 Å². The number of amides is 1. The lowest BCUT2D eigenvalue weighted by atomic mass is 10.1. The fourth-order valence-corrected chi connectivity index (χ4v) is 3.19. The zero-order valence-electron chi connectivity index (χ0n) is 14.5. The molecule has 0 aliphatic heterocycles. The normalized spacial score (nSPS) is 13.8. The van der Waals surface area contributed by atoms with Crippen LogP contribution in [0.5, 0.6) is 5.75 Å². The number of hydrogen-bond donors (Lipinski definition) is 1. The van der Waals surface area contributed by atoms with Crippen molar-refractivity contribution in [2.45, 2.75) is 25.3 Å². The Hall–Kier alpha value is -2.82. The second kappa shape index (κ2) is 6.24. The van der Waals surface area contributed by atoms with Gasteiger partial charge in [0, 0.05) is 30.6 Å². The molecule has 5 nitrogen and oxygen atoms in total. The Kier molecular flexibility index (Phi) is 3.92. The van der Waals surface area contributed by atoms with E-state index >= 15 is 0 Å². The molecule has 1 heterocycles. The Bertz CT molecular complexity index is 941. The van der Waals surface area contributed by atoms with Crippen LogP contribution in [0.3, 0.4) is 0 Å². The Balaban J connectivity index is 1.53. The van der Waals surface area contributed by atoms with Crippen LogP contribution in [0.25, 0.3) is 11.0 Å². The second-order valence-corrected chi connectivity index (χ2v) is 6.50. The van der Waals surface area contributed by atoms with Crippen molar-refractivity contribution < 1.29 is 9.53 Å². The number of aryl methyl sites for hydroxylation is 1. The lowest BCUT2D eigenvalue weighted by molar-refractivity contribution is 0.0951. The molecule has 25 heavy (non-hydrogen) atoms. The number of nitrogens with one attached hydrogen (secondary N) is 1. The Morgan fingerprint density at radius 1 is 1.28 bits per heavy atom. The van der Waals surface area contributed by atoms with Gasteiger partial charge < -0.3 is 14.6 Å². The van der Waals surface area contributed by atoms with Gasteiger partial charge in [-0.05, 0) is 37.1 Å². The largest absolute Gasteiger partial charge is 0.496 e. The summed E-state index contributed by atoms with van der Waals surface area (Å²) < 4.78 is 7.46. The molecule has 1 aliphatic carbocycles. The van der Waals surface area contributed by atoms with Crippen molar-refractivity contribution in [2.24, 2.45) is 7.05 Å². The van der Waals surface area contributed by atoms with Gasteiger partial charge in [0.05, 0.1) is 18.1 Å². The minimum absolute atomic E-state index is 0.105. The third kappa shape index (κ3) is 2.97. The number of nitrogens with zero attached hydrogens (tertiary/aromatic N) is 2. The average molecular weight is 335 g/mol. The molecule has 1 saturated carbocycles. The Morgan fingerprint density at radius 3 is 2.84 bits per heavy atom. The van der Waals surface area contributed by atoms with E-state index < -0.39 is 0 Å². The highest BCUT2D eigenvalue weighted by molar-refractivity contribution is 5.97. The minimum Gasteiger partial charge on any atom is -0.496 e. The Morgan fingerprint density at radius 2 is 2.08 bits per heavy atom. The molecule has 0 saturated heterocycles. The summed E-state index contributed by atoms with van der Waals surface area (Å²) in [6.45, 7) is 0.427. The molecule has 5 heteroatoms. The third-order valence-corrected chi connectivity index (χ3v) is 4.75. The van der Waals surface area contributed by atoms with Gasteiger partial charge in [-0.2, -0.15) is 0 Å². The lowest BCUT2D eigenvalue weighted by Gasteiger charge is -2.09. The summed E-state index contributed by atoms with van der Waals surface area (Å²) in [6, 6.07) is 13.4. The molecule has 1 aliphatic rings. The molecule has 0 unspecified atom stereocenters. The first-order valence-electron chi connectivity index (χ1n) is 8.54. The highest BCUT2D eigenvalue weighted by Gasteiger charge is 2.28. The molecule has 1 aromatic heterocycles. The number of rotatable bonds is 5. The van der Waals surface area contributed by atoms with Gasteiger partial charge >= 0.3 is 0 Å². The quantitative estimate of drug-likeness (QED) is 0.777. The van der Waals surface area contributed by atoms with Crippen LogP contribution in [0.4, 0.5) is 0 Å². The molecular weight excluding hydrogens is 314 g/mol. The number of ether oxygens (including phenoxy) is 1. The third-order valence-electron chi connectivity index (χ3n) is 4.75. The molecule has 1 amide bonds. The number of carbonyl (C=O) groups excluding carboxylic acids is 1. The van der Waals surface area contributed by atoms with Crippen LogP contribution in [-0.2, 0) is 13.6 Å². The molecule has 0 radical (unpaired) electrons. The van der Waals surface area contributed by atoms with Crippen molar-refractivity contribution in [3.8, 4) is 5.75 Å². The zero-order valence-corrected chi connectivity index (χ0v) is 14.5. The molecule has 0 spiro atoms.